The molecule has 3 atom stereocenters. The van der Waals surface area contributed by atoms with Gasteiger partial charge in [0, 0.05) is 11.6 Å². The van der Waals surface area contributed by atoms with Crippen molar-refractivity contribution in [2.45, 2.75) is 54.2 Å². The monoisotopic (exact) mass is 373 g/mol. The highest BCUT2D eigenvalue weighted by molar-refractivity contribution is 7.98. The summed E-state index contributed by atoms with van der Waals surface area (Å²) < 4.78 is 24.3. The predicted octanol–water partition coefficient (Wildman–Crippen LogP) is 3.61. The van der Waals surface area contributed by atoms with E-state index in [0.29, 0.717) is 21.1 Å². The van der Waals surface area contributed by atoms with E-state index in [4.69, 9.17) is 11.6 Å². The van der Waals surface area contributed by atoms with Crippen LogP contribution < -0.4 is 5.32 Å². The zero-order valence-corrected chi connectivity index (χ0v) is 15.4. The fraction of sp³-hybridized carbons (Fsp3) is 0.562. The third-order valence-electron chi connectivity index (χ3n) is 4.40. The molecular formula is C16H20ClNO3S2. The highest BCUT2D eigenvalue weighted by Crippen LogP contribution is 2.38. The van der Waals surface area contributed by atoms with Crippen LogP contribution in [0.3, 0.4) is 0 Å². The molecule has 0 saturated heterocycles. The van der Waals surface area contributed by atoms with Gasteiger partial charge in [0.1, 0.15) is 11.1 Å². The van der Waals surface area contributed by atoms with Crippen LogP contribution in [-0.4, -0.2) is 28.1 Å². The van der Waals surface area contributed by atoms with E-state index in [1.165, 1.54) is 6.26 Å². The van der Waals surface area contributed by atoms with Crippen LogP contribution in [0, 0.1) is 0 Å². The van der Waals surface area contributed by atoms with Crippen LogP contribution in [0.5, 0.6) is 0 Å². The summed E-state index contributed by atoms with van der Waals surface area (Å²) in [6, 6.07) is -0.0310. The molecule has 0 radical (unpaired) electrons. The first kappa shape index (κ1) is 17.1. The second-order valence-electron chi connectivity index (χ2n) is 6.20. The van der Waals surface area contributed by atoms with Crippen LogP contribution >= 0.6 is 22.9 Å². The van der Waals surface area contributed by atoms with E-state index < -0.39 is 10.2 Å². The van der Waals surface area contributed by atoms with Crippen LogP contribution in [0.1, 0.15) is 52.9 Å². The Balaban J connectivity index is 1.90. The van der Waals surface area contributed by atoms with Crippen LogP contribution in [0.2, 0.25) is 0 Å². The van der Waals surface area contributed by atoms with Gasteiger partial charge in [-0.05, 0) is 31.2 Å². The van der Waals surface area contributed by atoms with E-state index in [9.17, 15) is 13.6 Å². The number of fused-ring (bicyclic) bond motifs is 1. The second-order valence-corrected chi connectivity index (χ2v) is 10.00. The van der Waals surface area contributed by atoms with Crippen molar-refractivity contribution in [3.8, 4) is 0 Å². The molecule has 23 heavy (non-hydrogen) atoms. The largest absolute Gasteiger partial charge is 0.610 e. The molecule has 1 N–H and O–H groups in total. The van der Waals surface area contributed by atoms with Gasteiger partial charge in [-0.15, -0.1) is 15.8 Å². The van der Waals surface area contributed by atoms with Gasteiger partial charge in [-0.1, -0.05) is 36.3 Å². The summed E-state index contributed by atoms with van der Waals surface area (Å²) in [6.45, 7) is 0. The molecule has 4 nitrogen and oxygen atoms in total. The number of amides is 1. The minimum atomic E-state index is -3.34. The third-order valence-corrected chi connectivity index (χ3v) is 8.02. The standard InChI is InChI=1S/C16H20ClNO3S2/c1-23(20,21)16-11-7-3-2-6-10(11)14(22-16)15(19)18-13-9-5-4-8-12(13)17/h3,7,12-13H,2,4-6,8-9H2,1H3,(H-,18,19,20,21). The summed E-state index contributed by atoms with van der Waals surface area (Å²) in [5.74, 6) is -0.186. The second kappa shape index (κ2) is 6.67. The van der Waals surface area contributed by atoms with Crippen LogP contribution in [0.25, 0.3) is 6.08 Å². The molecule has 3 unspecified atom stereocenters. The number of thiophene rings is 1. The maximum Gasteiger partial charge on any atom is 0.262 e. The fourth-order valence-electron chi connectivity index (χ4n) is 3.24. The highest BCUT2D eigenvalue weighted by Gasteiger charge is 2.32. The molecule has 0 aliphatic heterocycles. The van der Waals surface area contributed by atoms with Gasteiger partial charge in [0.15, 0.2) is 0 Å². The first-order valence-corrected chi connectivity index (χ1v) is 11.0. The van der Waals surface area contributed by atoms with Crippen molar-refractivity contribution in [1.82, 2.24) is 5.32 Å². The summed E-state index contributed by atoms with van der Waals surface area (Å²) in [5, 5.41) is 2.98. The van der Waals surface area contributed by atoms with Crippen LogP contribution in [0.15, 0.2) is 10.3 Å². The van der Waals surface area contributed by atoms with Crippen molar-refractivity contribution in [1.29, 1.82) is 0 Å². The van der Waals surface area contributed by atoms with Crippen molar-refractivity contribution in [3.63, 3.8) is 0 Å². The van der Waals surface area contributed by atoms with E-state index in [2.05, 4.69) is 5.32 Å². The Morgan fingerprint density at radius 1 is 1.43 bits per heavy atom. The first-order chi connectivity index (χ1) is 10.9. The number of carbonyl (C=O) groups is 1. The van der Waals surface area contributed by atoms with Gasteiger partial charge in [-0.25, -0.2) is 0 Å². The number of halogens is 1. The fourth-order valence-corrected chi connectivity index (χ4v) is 6.00. The number of hydrogen-bond donors (Lipinski definition) is 1. The van der Waals surface area contributed by atoms with Crippen molar-refractivity contribution >= 4 is 45.1 Å². The lowest BCUT2D eigenvalue weighted by Gasteiger charge is -2.27. The van der Waals surface area contributed by atoms with Gasteiger partial charge >= 0.3 is 0 Å². The Hall–Kier alpha value is -0.690. The number of sulfone groups is 1. The minimum Gasteiger partial charge on any atom is -0.610 e. The number of alkyl halides is 1. The number of carbonyl (C=O) groups excluding carboxylic acids is 1. The minimum absolute atomic E-state index is 0.0310. The summed E-state index contributed by atoms with van der Waals surface area (Å²) in [4.78, 5) is 13.2. The van der Waals surface area contributed by atoms with E-state index >= 15 is 0 Å². The Kier molecular flexibility index (Phi) is 4.97. The molecule has 1 aromatic heterocycles. The summed E-state index contributed by atoms with van der Waals surface area (Å²) in [6.07, 6.45) is 10.5. The molecule has 0 bridgehead atoms. The van der Waals surface area contributed by atoms with Crippen molar-refractivity contribution in [2.24, 2.45) is 0 Å². The summed E-state index contributed by atoms with van der Waals surface area (Å²) in [7, 11) is -3.34. The maximum absolute atomic E-state index is 12.7. The molecule has 1 heterocycles. The van der Waals surface area contributed by atoms with Crippen molar-refractivity contribution in [3.05, 3.63) is 22.1 Å². The molecule has 1 amide bonds. The predicted molar refractivity (Wildman–Crippen MR) is 94.1 cm³/mol. The van der Waals surface area contributed by atoms with E-state index in [-0.39, 0.29) is 17.3 Å². The van der Waals surface area contributed by atoms with Gasteiger partial charge < -0.3 is 9.87 Å². The smallest absolute Gasteiger partial charge is 0.262 e. The number of allylic oxidation sites excluding steroid dienone is 1. The number of rotatable bonds is 3. The number of nitrogens with one attached hydrogen (secondary N) is 1. The Morgan fingerprint density at radius 3 is 2.87 bits per heavy atom. The van der Waals surface area contributed by atoms with Crippen molar-refractivity contribution in [2.75, 3.05) is 6.26 Å². The molecule has 3 rings (SSSR count). The van der Waals surface area contributed by atoms with Crippen LogP contribution in [0.4, 0.5) is 0 Å². The Morgan fingerprint density at radius 2 is 2.17 bits per heavy atom. The molecule has 0 aromatic carbocycles. The van der Waals surface area contributed by atoms with Crippen molar-refractivity contribution < 1.29 is 13.6 Å². The molecular weight excluding hydrogens is 354 g/mol. The average molecular weight is 374 g/mol. The third kappa shape index (κ3) is 3.55. The van der Waals surface area contributed by atoms with Gasteiger partial charge in [0.25, 0.3) is 5.91 Å². The molecule has 2 aliphatic carbocycles. The van der Waals surface area contributed by atoms with Gasteiger partial charge in [0.2, 0.25) is 4.21 Å². The number of hydrogen-bond acceptors (Lipinski definition) is 4. The Labute approximate surface area is 146 Å². The maximum atomic E-state index is 12.7. The highest BCUT2D eigenvalue weighted by atomic mass is 35.5. The molecule has 2 aliphatic rings. The molecule has 126 valence electrons. The molecule has 7 heteroatoms. The molecule has 0 spiro atoms. The molecule has 1 fully saturated rings. The topological polar surface area (TPSA) is 69.2 Å². The van der Waals surface area contributed by atoms with Crippen LogP contribution in [-0.2, 0) is 20.8 Å². The Bertz CT molecular complexity index is 692. The SMILES string of the molecule is C[S+](=O)([O-])c1sc(C(=O)NC2CCCCC2Cl)c2c1C=CCC2. The lowest BCUT2D eigenvalue weighted by molar-refractivity contribution is 0.0932. The lowest BCUT2D eigenvalue weighted by Crippen LogP contribution is -2.42. The summed E-state index contributed by atoms with van der Waals surface area (Å²) >= 11 is 7.40. The van der Waals surface area contributed by atoms with Gasteiger partial charge in [-0.2, -0.15) is 0 Å². The zero-order chi connectivity index (χ0) is 16.6. The summed E-state index contributed by atoms with van der Waals surface area (Å²) in [5.41, 5.74) is 1.55. The molecule has 1 saturated carbocycles. The normalized spacial score (nSPS) is 26.4. The van der Waals surface area contributed by atoms with Gasteiger partial charge in [-0.3, -0.25) is 4.79 Å². The lowest BCUT2D eigenvalue weighted by atomic mass is 9.94. The van der Waals surface area contributed by atoms with Gasteiger partial charge in [0.05, 0.1) is 15.6 Å². The quantitative estimate of drug-likeness (QED) is 0.650. The average Bonchev–Trinajstić information content (AvgIpc) is 2.89. The molecule has 1 aromatic rings. The first-order valence-electron chi connectivity index (χ1n) is 7.85. The van der Waals surface area contributed by atoms with E-state index in [0.717, 1.165) is 49.0 Å². The van der Waals surface area contributed by atoms with E-state index in [1.807, 2.05) is 12.2 Å². The zero-order valence-electron chi connectivity index (χ0n) is 13.0. The van der Waals surface area contributed by atoms with E-state index in [1.54, 1.807) is 0 Å².